The number of aryl methyl sites for hydroxylation is 1. The smallest absolute Gasteiger partial charge is 0.313 e. The molecule has 2 heterocycles. The van der Waals surface area contributed by atoms with Gasteiger partial charge in [0.15, 0.2) is 5.16 Å². The SMILES string of the molecule is Cc1cn(C2CC(=O)N(C)C2=O)c(SCC(=O)O)n1. The molecule has 1 saturated heterocycles. The summed E-state index contributed by atoms with van der Waals surface area (Å²) in [4.78, 5) is 39.3. The lowest BCUT2D eigenvalue weighted by atomic mass is 10.2. The molecule has 8 heteroatoms. The summed E-state index contributed by atoms with van der Waals surface area (Å²) >= 11 is 1.04. The van der Waals surface area contributed by atoms with Crippen LogP contribution < -0.4 is 0 Å². The van der Waals surface area contributed by atoms with Crippen LogP contribution in [0.1, 0.15) is 18.2 Å². The molecule has 1 atom stereocenters. The molecule has 19 heavy (non-hydrogen) atoms. The van der Waals surface area contributed by atoms with E-state index in [1.54, 1.807) is 17.7 Å². The van der Waals surface area contributed by atoms with Crippen molar-refractivity contribution in [2.75, 3.05) is 12.8 Å². The first-order valence-electron chi connectivity index (χ1n) is 5.60. The van der Waals surface area contributed by atoms with Crippen LogP contribution in [0.3, 0.4) is 0 Å². The highest BCUT2D eigenvalue weighted by Gasteiger charge is 2.38. The number of nitrogens with zero attached hydrogens (tertiary/aromatic N) is 3. The first-order chi connectivity index (χ1) is 8.90. The van der Waals surface area contributed by atoms with E-state index < -0.39 is 12.0 Å². The highest BCUT2D eigenvalue weighted by atomic mass is 32.2. The first-order valence-corrected chi connectivity index (χ1v) is 6.59. The maximum absolute atomic E-state index is 11.9. The largest absolute Gasteiger partial charge is 0.481 e. The number of imidazole rings is 1. The predicted octanol–water partition coefficient (Wildman–Crippen LogP) is 0.298. The zero-order valence-corrected chi connectivity index (χ0v) is 11.3. The number of rotatable bonds is 4. The fourth-order valence-corrected chi connectivity index (χ4v) is 2.69. The molecule has 1 aliphatic rings. The normalized spacial score (nSPS) is 19.3. The first kappa shape index (κ1) is 13.6. The van der Waals surface area contributed by atoms with E-state index in [4.69, 9.17) is 5.11 Å². The number of thioether (sulfide) groups is 1. The fraction of sp³-hybridized carbons (Fsp3) is 0.455. The molecular weight excluding hydrogens is 270 g/mol. The number of imide groups is 1. The lowest BCUT2D eigenvalue weighted by Crippen LogP contribution is -2.27. The van der Waals surface area contributed by atoms with E-state index in [1.165, 1.54) is 7.05 Å². The third-order valence-electron chi connectivity index (χ3n) is 2.84. The Labute approximate surface area is 113 Å². The minimum Gasteiger partial charge on any atom is -0.481 e. The number of likely N-dealkylation sites (N-methyl/N-ethyl adjacent to an activating group) is 1. The van der Waals surface area contributed by atoms with Gasteiger partial charge in [0.05, 0.1) is 17.9 Å². The Morgan fingerprint density at radius 3 is 2.79 bits per heavy atom. The molecule has 0 aromatic carbocycles. The Morgan fingerprint density at radius 2 is 2.26 bits per heavy atom. The van der Waals surface area contributed by atoms with Crippen LogP contribution in [-0.4, -0.2) is 50.1 Å². The van der Waals surface area contributed by atoms with Crippen LogP contribution in [0, 0.1) is 6.92 Å². The fourth-order valence-electron chi connectivity index (χ4n) is 1.90. The number of hydrogen-bond donors (Lipinski definition) is 1. The lowest BCUT2D eigenvalue weighted by molar-refractivity contribution is -0.137. The van der Waals surface area contributed by atoms with Gasteiger partial charge in [-0.15, -0.1) is 0 Å². The van der Waals surface area contributed by atoms with Crippen molar-refractivity contribution in [3.05, 3.63) is 11.9 Å². The number of likely N-dealkylation sites (tertiary alicyclic amines) is 1. The average Bonchev–Trinajstić information content (AvgIpc) is 2.82. The molecule has 0 radical (unpaired) electrons. The van der Waals surface area contributed by atoms with Gasteiger partial charge in [0.2, 0.25) is 5.91 Å². The van der Waals surface area contributed by atoms with Crippen LogP contribution in [0.15, 0.2) is 11.4 Å². The summed E-state index contributed by atoms with van der Waals surface area (Å²) in [7, 11) is 1.44. The van der Waals surface area contributed by atoms with Crippen LogP contribution in [0.4, 0.5) is 0 Å². The zero-order chi connectivity index (χ0) is 14.2. The number of carboxylic acids is 1. The van der Waals surface area contributed by atoms with Crippen molar-refractivity contribution < 1.29 is 19.5 Å². The van der Waals surface area contributed by atoms with Gasteiger partial charge in [-0.25, -0.2) is 4.98 Å². The Kier molecular flexibility index (Phi) is 3.61. The van der Waals surface area contributed by atoms with Crippen molar-refractivity contribution in [2.24, 2.45) is 0 Å². The van der Waals surface area contributed by atoms with Crippen LogP contribution in [0.25, 0.3) is 0 Å². The maximum atomic E-state index is 11.9. The van der Waals surface area contributed by atoms with E-state index in [1.807, 2.05) is 0 Å². The van der Waals surface area contributed by atoms with Gasteiger partial charge < -0.3 is 9.67 Å². The van der Waals surface area contributed by atoms with Gasteiger partial charge in [-0.1, -0.05) is 11.8 Å². The maximum Gasteiger partial charge on any atom is 0.313 e. The van der Waals surface area contributed by atoms with Crippen molar-refractivity contribution in [1.82, 2.24) is 14.5 Å². The summed E-state index contributed by atoms with van der Waals surface area (Å²) in [5.74, 6) is -1.63. The Balaban J connectivity index is 2.27. The van der Waals surface area contributed by atoms with Gasteiger partial charge in [0.1, 0.15) is 6.04 Å². The third-order valence-corrected chi connectivity index (χ3v) is 3.79. The van der Waals surface area contributed by atoms with Gasteiger partial charge in [-0.2, -0.15) is 0 Å². The number of carbonyl (C=O) groups is 3. The summed E-state index contributed by atoms with van der Waals surface area (Å²) in [5, 5.41) is 9.13. The number of aromatic nitrogens is 2. The molecule has 1 N–H and O–H groups in total. The second-order valence-corrected chi connectivity index (χ2v) is 5.21. The second-order valence-electron chi connectivity index (χ2n) is 4.27. The van der Waals surface area contributed by atoms with E-state index in [9.17, 15) is 14.4 Å². The van der Waals surface area contributed by atoms with E-state index in [-0.39, 0.29) is 24.0 Å². The molecule has 0 spiro atoms. The molecule has 0 saturated carbocycles. The highest BCUT2D eigenvalue weighted by molar-refractivity contribution is 7.99. The molecule has 0 bridgehead atoms. The molecule has 2 rings (SSSR count). The molecule has 2 amide bonds. The zero-order valence-electron chi connectivity index (χ0n) is 10.5. The Bertz CT molecular complexity index is 554. The molecule has 102 valence electrons. The highest BCUT2D eigenvalue weighted by Crippen LogP contribution is 2.29. The van der Waals surface area contributed by atoms with Gasteiger partial charge in [-0.05, 0) is 6.92 Å². The van der Waals surface area contributed by atoms with Crippen molar-refractivity contribution in [2.45, 2.75) is 24.5 Å². The molecule has 7 nitrogen and oxygen atoms in total. The topological polar surface area (TPSA) is 92.5 Å². The summed E-state index contributed by atoms with van der Waals surface area (Å²) < 4.78 is 1.59. The van der Waals surface area contributed by atoms with E-state index >= 15 is 0 Å². The minimum absolute atomic E-state index is 0.0891. The van der Waals surface area contributed by atoms with E-state index in [0.717, 1.165) is 16.7 Å². The summed E-state index contributed by atoms with van der Waals surface area (Å²) in [6.07, 6.45) is 1.75. The van der Waals surface area contributed by atoms with Gasteiger partial charge in [-0.3, -0.25) is 19.3 Å². The monoisotopic (exact) mass is 283 g/mol. The second kappa shape index (κ2) is 5.04. The average molecular weight is 283 g/mol. The van der Waals surface area contributed by atoms with Crippen molar-refractivity contribution in [3.8, 4) is 0 Å². The summed E-state index contributed by atoms with van der Waals surface area (Å²) in [6, 6.07) is -0.616. The van der Waals surface area contributed by atoms with Crippen LogP contribution in [-0.2, 0) is 14.4 Å². The number of carbonyl (C=O) groups excluding carboxylic acids is 2. The van der Waals surface area contributed by atoms with Crippen molar-refractivity contribution in [1.29, 1.82) is 0 Å². The quantitative estimate of drug-likeness (QED) is 0.631. The number of amides is 2. The van der Waals surface area contributed by atoms with E-state index in [2.05, 4.69) is 4.98 Å². The van der Waals surface area contributed by atoms with Crippen molar-refractivity contribution >= 4 is 29.5 Å². The van der Waals surface area contributed by atoms with E-state index in [0.29, 0.717) is 10.9 Å². The number of carboxylic acid groups (broad SMARTS) is 1. The molecule has 1 fully saturated rings. The molecule has 1 aromatic rings. The number of hydrogen-bond acceptors (Lipinski definition) is 5. The van der Waals surface area contributed by atoms with Gasteiger partial charge >= 0.3 is 5.97 Å². The van der Waals surface area contributed by atoms with Crippen molar-refractivity contribution in [3.63, 3.8) is 0 Å². The van der Waals surface area contributed by atoms with Gasteiger partial charge in [0.25, 0.3) is 5.91 Å². The number of aliphatic carboxylic acids is 1. The predicted molar refractivity (Wildman–Crippen MR) is 66.8 cm³/mol. The Morgan fingerprint density at radius 1 is 1.58 bits per heavy atom. The lowest BCUT2D eigenvalue weighted by Gasteiger charge is -2.12. The van der Waals surface area contributed by atoms with Gasteiger partial charge in [0, 0.05) is 13.2 Å². The molecule has 1 aromatic heterocycles. The Hall–Kier alpha value is -1.83. The summed E-state index contributed by atoms with van der Waals surface area (Å²) in [5.41, 5.74) is 0.683. The van der Waals surface area contributed by atoms with Crippen LogP contribution in [0.2, 0.25) is 0 Å². The third kappa shape index (κ3) is 2.62. The summed E-state index contributed by atoms with van der Waals surface area (Å²) in [6.45, 7) is 1.76. The minimum atomic E-state index is -0.955. The standard InChI is InChI=1S/C11H13N3O4S/c1-6-4-14(11(12-6)19-5-9(16)17)7-3-8(15)13(2)10(7)18/h4,7H,3,5H2,1-2H3,(H,16,17). The van der Waals surface area contributed by atoms with Crippen LogP contribution in [0.5, 0.6) is 0 Å². The molecule has 0 aliphatic carbocycles. The van der Waals surface area contributed by atoms with Crippen LogP contribution >= 0.6 is 11.8 Å². The molecular formula is C11H13N3O4S. The molecule has 1 unspecified atom stereocenters. The molecule has 1 aliphatic heterocycles.